The average molecular weight is 578 g/mol. The third-order valence-electron chi connectivity index (χ3n) is 7.14. The molecule has 3 rings (SSSR count). The molecule has 0 saturated heterocycles. The van der Waals surface area contributed by atoms with Crippen LogP contribution in [0.25, 0.3) is 11.1 Å². The summed E-state index contributed by atoms with van der Waals surface area (Å²) in [5.41, 5.74) is 3.65. The first-order valence-corrected chi connectivity index (χ1v) is 17.1. The van der Waals surface area contributed by atoms with Gasteiger partial charge in [0.1, 0.15) is 17.2 Å². The summed E-state index contributed by atoms with van der Waals surface area (Å²) in [6.45, 7) is 18.8. The summed E-state index contributed by atoms with van der Waals surface area (Å²) in [6.07, 6.45) is 4.12. The monoisotopic (exact) mass is 577 g/mol. The van der Waals surface area contributed by atoms with Crippen molar-refractivity contribution in [1.29, 1.82) is 0 Å². The van der Waals surface area contributed by atoms with Crippen LogP contribution in [0.15, 0.2) is 60.9 Å². The second-order valence-electron chi connectivity index (χ2n) is 12.9. The molecule has 0 atom stereocenters. The highest BCUT2D eigenvalue weighted by atomic mass is 28.4. The largest absolute Gasteiger partial charge is 0.444 e. The van der Waals surface area contributed by atoms with E-state index in [9.17, 15) is 4.79 Å². The number of hydrogen-bond acceptors (Lipinski definition) is 7. The fraction of sp³-hybridized carbons (Fsp3) is 0.469. The van der Waals surface area contributed by atoms with Crippen molar-refractivity contribution in [3.8, 4) is 11.1 Å². The molecule has 0 radical (unpaired) electrons. The highest BCUT2D eigenvalue weighted by Crippen LogP contribution is 2.37. The highest BCUT2D eigenvalue weighted by Gasteiger charge is 2.37. The lowest BCUT2D eigenvalue weighted by molar-refractivity contribution is 0.0298. The smallest absolute Gasteiger partial charge is 0.410 e. The van der Waals surface area contributed by atoms with Crippen LogP contribution in [0.5, 0.6) is 0 Å². The van der Waals surface area contributed by atoms with Crippen LogP contribution in [-0.4, -0.2) is 55.0 Å². The zero-order valence-corrected chi connectivity index (χ0v) is 27.2. The molecule has 2 aromatic heterocycles. The second-order valence-corrected chi connectivity index (χ2v) is 17.7. The van der Waals surface area contributed by atoms with E-state index in [1.807, 2.05) is 63.4 Å². The predicted octanol–water partition coefficient (Wildman–Crippen LogP) is 8.08. The number of hydrogen-bond donors (Lipinski definition) is 2. The van der Waals surface area contributed by atoms with Gasteiger partial charge in [-0.2, -0.15) is 0 Å². The van der Waals surface area contributed by atoms with E-state index in [0.29, 0.717) is 19.7 Å². The van der Waals surface area contributed by atoms with Gasteiger partial charge in [0.2, 0.25) is 0 Å². The first kappa shape index (κ1) is 32.1. The van der Waals surface area contributed by atoms with E-state index in [2.05, 4.69) is 66.6 Å². The zero-order chi connectivity index (χ0) is 30.3. The molecular weight excluding hydrogens is 530 g/mol. The second kappa shape index (κ2) is 13.5. The van der Waals surface area contributed by atoms with E-state index in [1.54, 1.807) is 18.1 Å². The van der Waals surface area contributed by atoms with Crippen molar-refractivity contribution < 1.29 is 14.0 Å². The van der Waals surface area contributed by atoms with Gasteiger partial charge in [0.25, 0.3) is 0 Å². The number of aromatic nitrogens is 2. The van der Waals surface area contributed by atoms with Gasteiger partial charge in [0.05, 0.1) is 6.61 Å². The van der Waals surface area contributed by atoms with Gasteiger partial charge in [0.15, 0.2) is 8.32 Å². The van der Waals surface area contributed by atoms with Crippen molar-refractivity contribution in [2.45, 2.75) is 78.3 Å². The molecule has 222 valence electrons. The lowest BCUT2D eigenvalue weighted by Gasteiger charge is -2.36. The summed E-state index contributed by atoms with van der Waals surface area (Å²) in [6, 6.07) is 16.3. The number of ether oxygens (including phenoxy) is 1. The van der Waals surface area contributed by atoms with E-state index < -0.39 is 13.9 Å². The quantitative estimate of drug-likeness (QED) is 0.176. The van der Waals surface area contributed by atoms with E-state index in [-0.39, 0.29) is 11.1 Å². The van der Waals surface area contributed by atoms with E-state index >= 15 is 0 Å². The normalized spacial score (nSPS) is 12.1. The van der Waals surface area contributed by atoms with Gasteiger partial charge in [-0.05, 0) is 92.8 Å². The highest BCUT2D eigenvalue weighted by molar-refractivity contribution is 6.74. The molecule has 2 heterocycles. The molecule has 2 N–H and O–H groups in total. The summed E-state index contributed by atoms with van der Waals surface area (Å²) >= 11 is 0. The molecule has 1 amide bonds. The number of carbonyl (C=O) groups is 1. The van der Waals surface area contributed by atoms with Crippen molar-refractivity contribution in [3.63, 3.8) is 0 Å². The van der Waals surface area contributed by atoms with Gasteiger partial charge in [-0.25, -0.2) is 14.8 Å². The predicted molar refractivity (Wildman–Crippen MR) is 171 cm³/mol. The Kier molecular flexibility index (Phi) is 10.6. The number of nitrogens with one attached hydrogen (secondary N) is 2. The molecule has 3 aromatic rings. The third kappa shape index (κ3) is 10.2. The maximum atomic E-state index is 12.1. The van der Waals surface area contributed by atoms with Crippen LogP contribution in [-0.2, 0) is 15.8 Å². The SMILES string of the molecule is CN(CCCNc1ccc(-c2ccnc(Nc3cccc(CO[Si](C)(C)C(C)(C)C)c3)c2)cn1)C(=O)OC(C)(C)C. The number of pyridine rings is 2. The van der Waals surface area contributed by atoms with Gasteiger partial charge >= 0.3 is 6.09 Å². The molecule has 8 nitrogen and oxygen atoms in total. The van der Waals surface area contributed by atoms with Crippen LogP contribution < -0.4 is 10.6 Å². The topological polar surface area (TPSA) is 88.6 Å². The maximum absolute atomic E-state index is 12.1. The molecule has 0 aliphatic carbocycles. The Bertz CT molecular complexity index is 1280. The van der Waals surface area contributed by atoms with Crippen LogP contribution in [0.3, 0.4) is 0 Å². The van der Waals surface area contributed by atoms with Crippen molar-refractivity contribution in [2.24, 2.45) is 0 Å². The fourth-order valence-electron chi connectivity index (χ4n) is 3.68. The van der Waals surface area contributed by atoms with Gasteiger partial charge in [0, 0.05) is 43.8 Å². The summed E-state index contributed by atoms with van der Waals surface area (Å²) in [4.78, 5) is 22.8. The maximum Gasteiger partial charge on any atom is 0.410 e. The van der Waals surface area contributed by atoms with Gasteiger partial charge in [-0.15, -0.1) is 0 Å². The van der Waals surface area contributed by atoms with E-state index in [1.165, 1.54) is 0 Å². The number of anilines is 3. The first-order chi connectivity index (χ1) is 19.1. The Morgan fingerprint density at radius 3 is 2.37 bits per heavy atom. The van der Waals surface area contributed by atoms with Crippen LogP contribution in [0, 0.1) is 0 Å². The number of carbonyl (C=O) groups excluding carboxylic acids is 1. The molecular formula is C32H47N5O3Si. The van der Waals surface area contributed by atoms with E-state index in [0.717, 1.165) is 40.4 Å². The van der Waals surface area contributed by atoms with Crippen LogP contribution in [0.1, 0.15) is 53.5 Å². The van der Waals surface area contributed by atoms with Gasteiger partial charge < -0.3 is 24.7 Å². The number of benzene rings is 1. The molecule has 0 unspecified atom stereocenters. The Hall–Kier alpha value is -3.43. The van der Waals surface area contributed by atoms with Gasteiger partial charge in [-0.1, -0.05) is 32.9 Å². The fourth-order valence-corrected chi connectivity index (χ4v) is 4.64. The lowest BCUT2D eigenvalue weighted by Crippen LogP contribution is -2.40. The Morgan fingerprint density at radius 2 is 1.71 bits per heavy atom. The zero-order valence-electron chi connectivity index (χ0n) is 26.2. The Labute approximate surface area is 247 Å². The van der Waals surface area contributed by atoms with Gasteiger partial charge in [-0.3, -0.25) is 0 Å². The van der Waals surface area contributed by atoms with Crippen LogP contribution >= 0.6 is 0 Å². The molecule has 0 fully saturated rings. The van der Waals surface area contributed by atoms with Crippen molar-refractivity contribution in [1.82, 2.24) is 14.9 Å². The Morgan fingerprint density at radius 1 is 0.951 bits per heavy atom. The van der Waals surface area contributed by atoms with Crippen LogP contribution in [0.4, 0.5) is 22.1 Å². The van der Waals surface area contributed by atoms with E-state index in [4.69, 9.17) is 9.16 Å². The summed E-state index contributed by atoms with van der Waals surface area (Å²) < 4.78 is 11.8. The summed E-state index contributed by atoms with van der Waals surface area (Å²) in [7, 11) is -0.0658. The average Bonchev–Trinajstić information content (AvgIpc) is 2.89. The van der Waals surface area contributed by atoms with Crippen molar-refractivity contribution >= 4 is 31.7 Å². The van der Waals surface area contributed by atoms with Crippen LogP contribution in [0.2, 0.25) is 18.1 Å². The minimum atomic E-state index is -1.82. The summed E-state index contributed by atoms with van der Waals surface area (Å²) in [5, 5.41) is 6.93. The summed E-state index contributed by atoms with van der Waals surface area (Å²) in [5.74, 6) is 1.55. The number of rotatable bonds is 11. The molecule has 0 aliphatic rings. The minimum absolute atomic E-state index is 0.177. The molecule has 41 heavy (non-hydrogen) atoms. The molecule has 9 heteroatoms. The first-order valence-electron chi connectivity index (χ1n) is 14.2. The minimum Gasteiger partial charge on any atom is -0.444 e. The lowest BCUT2D eigenvalue weighted by atomic mass is 10.1. The molecule has 0 aliphatic heterocycles. The third-order valence-corrected chi connectivity index (χ3v) is 11.6. The number of nitrogens with zero attached hydrogens (tertiary/aromatic N) is 3. The standard InChI is InChI=1S/C32H47N5O3Si/c1-31(2,3)40-30(38)37(7)19-11-17-33-28-15-14-26(22-35-28)25-16-18-34-29(21-25)36-27-13-10-12-24(20-27)23-39-41(8,9)32(4,5)6/h10,12-16,18,20-22H,11,17,19,23H2,1-9H3,(H,33,35)(H,34,36). The molecule has 0 bridgehead atoms. The molecule has 0 saturated carbocycles. The Balaban J connectivity index is 1.53. The molecule has 0 spiro atoms. The molecule has 1 aromatic carbocycles. The van der Waals surface area contributed by atoms with Crippen molar-refractivity contribution in [2.75, 3.05) is 30.8 Å². The number of amides is 1. The van der Waals surface area contributed by atoms with Crippen molar-refractivity contribution in [3.05, 3.63) is 66.5 Å².